The number of benzene rings is 1. The van der Waals surface area contributed by atoms with Gasteiger partial charge in [-0.1, -0.05) is 37.1 Å². The van der Waals surface area contributed by atoms with Gasteiger partial charge < -0.3 is 10.4 Å². The number of hydrogen-bond acceptors (Lipinski definition) is 2. The molecule has 1 aliphatic carbocycles. The molecule has 0 saturated heterocycles. The zero-order chi connectivity index (χ0) is 12.1. The fourth-order valence-electron chi connectivity index (χ4n) is 2.63. The topological polar surface area (TPSA) is 32.3 Å². The Morgan fingerprint density at radius 3 is 2.76 bits per heavy atom. The van der Waals surface area contributed by atoms with Crippen molar-refractivity contribution in [1.29, 1.82) is 0 Å². The molecule has 1 aromatic carbocycles. The highest BCUT2D eigenvalue weighted by Crippen LogP contribution is 2.18. The second-order valence-electron chi connectivity index (χ2n) is 5.09. The first-order valence-corrected chi connectivity index (χ1v) is 6.73. The number of nitrogens with one attached hydrogen (secondary N) is 1. The molecule has 2 nitrogen and oxygen atoms in total. The third-order valence-corrected chi connectivity index (χ3v) is 3.79. The number of aliphatic hydroxyl groups is 1. The summed E-state index contributed by atoms with van der Waals surface area (Å²) in [5.74, 6) is 0. The van der Waals surface area contributed by atoms with Gasteiger partial charge in [0.2, 0.25) is 0 Å². The lowest BCUT2D eigenvalue weighted by Gasteiger charge is -2.28. The number of rotatable bonds is 4. The van der Waals surface area contributed by atoms with E-state index in [9.17, 15) is 5.11 Å². The van der Waals surface area contributed by atoms with Crippen LogP contribution in [0.3, 0.4) is 0 Å². The summed E-state index contributed by atoms with van der Waals surface area (Å²) in [5.41, 5.74) is 2.77. The Hall–Kier alpha value is -0.860. The fraction of sp³-hybridized carbons (Fsp3) is 0.600. The second-order valence-corrected chi connectivity index (χ2v) is 5.09. The van der Waals surface area contributed by atoms with Crippen molar-refractivity contribution in [3.8, 4) is 0 Å². The molecule has 0 aliphatic heterocycles. The highest BCUT2D eigenvalue weighted by molar-refractivity contribution is 5.25. The molecule has 0 heterocycles. The predicted octanol–water partition coefficient (Wildman–Crippen LogP) is 2.43. The van der Waals surface area contributed by atoms with Crippen molar-refractivity contribution in [2.24, 2.45) is 0 Å². The minimum Gasteiger partial charge on any atom is -0.392 e. The normalized spacial score (nSPS) is 24.8. The van der Waals surface area contributed by atoms with E-state index >= 15 is 0 Å². The molecule has 17 heavy (non-hydrogen) atoms. The zero-order valence-electron chi connectivity index (χ0n) is 10.7. The molecule has 2 N–H and O–H groups in total. The summed E-state index contributed by atoms with van der Waals surface area (Å²) in [4.78, 5) is 0. The summed E-state index contributed by atoms with van der Waals surface area (Å²) in [6, 6.07) is 8.83. The maximum atomic E-state index is 9.86. The van der Waals surface area contributed by atoms with E-state index in [-0.39, 0.29) is 6.10 Å². The van der Waals surface area contributed by atoms with Crippen molar-refractivity contribution < 1.29 is 5.11 Å². The molecule has 1 aromatic rings. The number of aliphatic hydroxyl groups excluding tert-OH is 1. The van der Waals surface area contributed by atoms with Crippen LogP contribution in [0.2, 0.25) is 0 Å². The van der Waals surface area contributed by atoms with E-state index in [1.807, 2.05) is 0 Å². The first-order valence-electron chi connectivity index (χ1n) is 6.73. The molecule has 0 aromatic heterocycles. The largest absolute Gasteiger partial charge is 0.392 e. The van der Waals surface area contributed by atoms with Crippen LogP contribution in [0.15, 0.2) is 24.3 Å². The van der Waals surface area contributed by atoms with E-state index in [0.717, 1.165) is 25.8 Å². The number of aryl methyl sites for hydroxylation is 1. The molecule has 0 unspecified atom stereocenters. The SMILES string of the molecule is Cc1ccccc1CCN[C@H]1CCCC[C@@H]1O. The second kappa shape index (κ2) is 6.18. The van der Waals surface area contributed by atoms with Gasteiger partial charge in [0.15, 0.2) is 0 Å². The zero-order valence-corrected chi connectivity index (χ0v) is 10.7. The van der Waals surface area contributed by atoms with Crippen LogP contribution >= 0.6 is 0 Å². The maximum absolute atomic E-state index is 9.86. The van der Waals surface area contributed by atoms with Gasteiger partial charge in [0.25, 0.3) is 0 Å². The molecular formula is C15H23NO. The van der Waals surface area contributed by atoms with Crippen molar-refractivity contribution in [1.82, 2.24) is 5.32 Å². The summed E-state index contributed by atoms with van der Waals surface area (Å²) in [7, 11) is 0. The van der Waals surface area contributed by atoms with E-state index in [2.05, 4.69) is 36.5 Å². The maximum Gasteiger partial charge on any atom is 0.0693 e. The summed E-state index contributed by atoms with van der Waals surface area (Å²) in [6.45, 7) is 3.12. The average Bonchev–Trinajstić information content (AvgIpc) is 2.34. The van der Waals surface area contributed by atoms with Crippen LogP contribution in [0, 0.1) is 6.92 Å². The molecule has 94 valence electrons. The van der Waals surface area contributed by atoms with E-state index in [1.54, 1.807) is 0 Å². The summed E-state index contributed by atoms with van der Waals surface area (Å²) in [6.07, 6.45) is 5.42. The highest BCUT2D eigenvalue weighted by Gasteiger charge is 2.21. The van der Waals surface area contributed by atoms with Gasteiger partial charge in [0.1, 0.15) is 0 Å². The third-order valence-electron chi connectivity index (χ3n) is 3.79. The fourth-order valence-corrected chi connectivity index (χ4v) is 2.63. The molecule has 1 aliphatic rings. The van der Waals surface area contributed by atoms with Crippen molar-refractivity contribution in [2.45, 2.75) is 51.2 Å². The van der Waals surface area contributed by atoms with Crippen molar-refractivity contribution in [3.63, 3.8) is 0 Å². The average molecular weight is 233 g/mol. The van der Waals surface area contributed by atoms with Gasteiger partial charge in [-0.2, -0.15) is 0 Å². The van der Waals surface area contributed by atoms with Gasteiger partial charge in [0, 0.05) is 6.04 Å². The van der Waals surface area contributed by atoms with Crippen LogP contribution in [-0.4, -0.2) is 23.8 Å². The Morgan fingerprint density at radius 2 is 2.00 bits per heavy atom. The van der Waals surface area contributed by atoms with Crippen LogP contribution in [0.25, 0.3) is 0 Å². The Balaban J connectivity index is 1.77. The number of hydrogen-bond donors (Lipinski definition) is 2. The van der Waals surface area contributed by atoms with Gasteiger partial charge in [-0.15, -0.1) is 0 Å². The van der Waals surface area contributed by atoms with Crippen molar-refractivity contribution in [3.05, 3.63) is 35.4 Å². The Morgan fingerprint density at radius 1 is 1.24 bits per heavy atom. The van der Waals surface area contributed by atoms with E-state index < -0.39 is 0 Å². The van der Waals surface area contributed by atoms with E-state index in [4.69, 9.17) is 0 Å². The van der Waals surface area contributed by atoms with Gasteiger partial charge in [-0.05, 0) is 43.9 Å². The lowest BCUT2D eigenvalue weighted by molar-refractivity contribution is 0.0914. The molecular weight excluding hydrogens is 210 g/mol. The molecule has 0 radical (unpaired) electrons. The molecule has 0 amide bonds. The molecule has 2 heteroatoms. The lowest BCUT2D eigenvalue weighted by Crippen LogP contribution is -2.42. The van der Waals surface area contributed by atoms with Gasteiger partial charge in [-0.3, -0.25) is 0 Å². The highest BCUT2D eigenvalue weighted by atomic mass is 16.3. The minimum absolute atomic E-state index is 0.138. The lowest BCUT2D eigenvalue weighted by atomic mass is 9.92. The smallest absolute Gasteiger partial charge is 0.0693 e. The van der Waals surface area contributed by atoms with Crippen LogP contribution in [0.5, 0.6) is 0 Å². The Labute approximate surface area is 104 Å². The van der Waals surface area contributed by atoms with Crippen LogP contribution in [0.1, 0.15) is 36.8 Å². The third kappa shape index (κ3) is 3.55. The quantitative estimate of drug-likeness (QED) is 0.837. The van der Waals surface area contributed by atoms with Gasteiger partial charge in [-0.25, -0.2) is 0 Å². The molecule has 2 rings (SSSR count). The van der Waals surface area contributed by atoms with E-state index in [0.29, 0.717) is 6.04 Å². The standard InChI is InChI=1S/C15H23NO/c1-12-6-2-3-7-13(12)10-11-16-14-8-4-5-9-15(14)17/h2-3,6-7,14-17H,4-5,8-11H2,1H3/t14-,15-/m0/s1. The van der Waals surface area contributed by atoms with Crippen LogP contribution in [-0.2, 0) is 6.42 Å². The van der Waals surface area contributed by atoms with Crippen molar-refractivity contribution >= 4 is 0 Å². The summed E-state index contributed by atoms with van der Waals surface area (Å²) >= 11 is 0. The first-order chi connectivity index (χ1) is 8.27. The predicted molar refractivity (Wildman–Crippen MR) is 71.1 cm³/mol. The molecule has 0 bridgehead atoms. The summed E-state index contributed by atoms with van der Waals surface area (Å²) in [5, 5.41) is 13.4. The molecule has 0 spiro atoms. The van der Waals surface area contributed by atoms with E-state index in [1.165, 1.54) is 24.0 Å². The Bertz CT molecular complexity index is 351. The Kier molecular flexibility index (Phi) is 4.57. The first kappa shape index (κ1) is 12.6. The minimum atomic E-state index is -0.138. The van der Waals surface area contributed by atoms with Crippen molar-refractivity contribution in [2.75, 3.05) is 6.54 Å². The molecule has 1 saturated carbocycles. The van der Waals surface area contributed by atoms with Gasteiger partial charge >= 0.3 is 0 Å². The monoisotopic (exact) mass is 233 g/mol. The summed E-state index contributed by atoms with van der Waals surface area (Å²) < 4.78 is 0. The molecule has 1 fully saturated rings. The molecule has 2 atom stereocenters. The van der Waals surface area contributed by atoms with Crippen LogP contribution in [0.4, 0.5) is 0 Å². The van der Waals surface area contributed by atoms with Gasteiger partial charge in [0.05, 0.1) is 6.10 Å². The van der Waals surface area contributed by atoms with Crippen LogP contribution < -0.4 is 5.32 Å².